The number of aliphatic hydroxyl groups excluding tert-OH is 1. The van der Waals surface area contributed by atoms with Gasteiger partial charge in [-0.3, -0.25) is 0 Å². The summed E-state index contributed by atoms with van der Waals surface area (Å²) in [5.74, 6) is 0.221. The van der Waals surface area contributed by atoms with E-state index in [0.29, 0.717) is 6.42 Å². The first-order valence-corrected chi connectivity index (χ1v) is 7.68. The third-order valence-electron chi connectivity index (χ3n) is 2.99. The number of aryl methyl sites for hydroxylation is 1. The zero-order valence-electron chi connectivity index (χ0n) is 10.4. The molecule has 0 aliphatic rings. The van der Waals surface area contributed by atoms with Gasteiger partial charge >= 0.3 is 0 Å². The van der Waals surface area contributed by atoms with Crippen LogP contribution in [0.3, 0.4) is 0 Å². The Labute approximate surface area is 103 Å². The average Bonchev–Trinajstić information content (AvgIpc) is 2.32. The lowest BCUT2D eigenvalue weighted by Crippen LogP contribution is -2.14. The molecule has 0 aliphatic carbocycles. The Bertz CT molecular complexity index is 434. The SMILES string of the molecule is CCS(=O)(=O)CCC(CO)c1ccc(C)cc1. The van der Waals surface area contributed by atoms with E-state index >= 15 is 0 Å². The summed E-state index contributed by atoms with van der Waals surface area (Å²) in [6.07, 6.45) is 0.482. The molecule has 1 rings (SSSR count). The van der Waals surface area contributed by atoms with Crippen molar-refractivity contribution in [3.8, 4) is 0 Å². The van der Waals surface area contributed by atoms with Gasteiger partial charge in [0.2, 0.25) is 0 Å². The second-order valence-electron chi connectivity index (χ2n) is 4.32. The van der Waals surface area contributed by atoms with Crippen LogP contribution in [0.2, 0.25) is 0 Å². The molecule has 0 radical (unpaired) electrons. The first-order valence-electron chi connectivity index (χ1n) is 5.86. The van der Waals surface area contributed by atoms with Crippen molar-refractivity contribution in [2.45, 2.75) is 26.2 Å². The minimum Gasteiger partial charge on any atom is -0.396 e. The first-order chi connectivity index (χ1) is 7.98. The molecule has 1 atom stereocenters. The Morgan fingerprint density at radius 2 is 1.82 bits per heavy atom. The van der Waals surface area contributed by atoms with Crippen LogP contribution in [0.5, 0.6) is 0 Å². The van der Waals surface area contributed by atoms with Crippen LogP contribution in [0.25, 0.3) is 0 Å². The van der Waals surface area contributed by atoms with Gasteiger partial charge in [0.25, 0.3) is 0 Å². The van der Waals surface area contributed by atoms with Crippen molar-refractivity contribution in [3.05, 3.63) is 35.4 Å². The van der Waals surface area contributed by atoms with Gasteiger partial charge in [-0.2, -0.15) is 0 Å². The fraction of sp³-hybridized carbons (Fsp3) is 0.538. The summed E-state index contributed by atoms with van der Waals surface area (Å²) in [5.41, 5.74) is 2.16. The molecule has 1 N–H and O–H groups in total. The maximum atomic E-state index is 11.4. The quantitative estimate of drug-likeness (QED) is 0.845. The molecule has 1 unspecified atom stereocenters. The molecule has 96 valence electrons. The van der Waals surface area contributed by atoms with Gasteiger partial charge in [-0.05, 0) is 18.9 Å². The molecule has 0 aliphatic heterocycles. The molecule has 0 aromatic heterocycles. The Kier molecular flexibility index (Phi) is 5.15. The molecule has 1 aromatic rings. The lowest BCUT2D eigenvalue weighted by molar-refractivity contribution is 0.262. The van der Waals surface area contributed by atoms with Crippen molar-refractivity contribution >= 4 is 9.84 Å². The molecule has 4 heteroatoms. The van der Waals surface area contributed by atoms with Crippen LogP contribution in [-0.2, 0) is 9.84 Å². The van der Waals surface area contributed by atoms with Gasteiger partial charge in [0.15, 0.2) is 0 Å². The molecule has 0 amide bonds. The van der Waals surface area contributed by atoms with Crippen molar-refractivity contribution in [2.24, 2.45) is 0 Å². The van der Waals surface area contributed by atoms with E-state index in [-0.39, 0.29) is 24.0 Å². The normalized spacial score (nSPS) is 13.6. The highest BCUT2D eigenvalue weighted by molar-refractivity contribution is 7.91. The second kappa shape index (κ2) is 6.17. The van der Waals surface area contributed by atoms with E-state index in [2.05, 4.69) is 0 Å². The molecule has 0 saturated carbocycles. The molecular formula is C13H20O3S. The molecule has 0 saturated heterocycles. The molecular weight excluding hydrogens is 236 g/mol. The van der Waals surface area contributed by atoms with E-state index in [1.807, 2.05) is 31.2 Å². The topological polar surface area (TPSA) is 54.4 Å². The maximum Gasteiger partial charge on any atom is 0.150 e. The zero-order valence-corrected chi connectivity index (χ0v) is 11.2. The predicted molar refractivity (Wildman–Crippen MR) is 70.0 cm³/mol. The highest BCUT2D eigenvalue weighted by Gasteiger charge is 2.15. The van der Waals surface area contributed by atoms with E-state index in [0.717, 1.165) is 11.1 Å². The predicted octanol–water partition coefficient (Wildman–Crippen LogP) is 1.90. The minimum atomic E-state index is -2.95. The molecule has 0 heterocycles. The number of aliphatic hydroxyl groups is 1. The van der Waals surface area contributed by atoms with Gasteiger partial charge < -0.3 is 5.11 Å². The van der Waals surface area contributed by atoms with Gasteiger partial charge in [-0.15, -0.1) is 0 Å². The molecule has 1 aromatic carbocycles. The lowest BCUT2D eigenvalue weighted by atomic mass is 9.97. The number of rotatable bonds is 6. The van der Waals surface area contributed by atoms with Crippen LogP contribution in [0, 0.1) is 6.92 Å². The van der Waals surface area contributed by atoms with Crippen LogP contribution in [0.4, 0.5) is 0 Å². The van der Waals surface area contributed by atoms with Crippen LogP contribution in [-0.4, -0.2) is 31.6 Å². The first kappa shape index (κ1) is 14.2. The summed E-state index contributed by atoms with van der Waals surface area (Å²) in [6.45, 7) is 3.64. The monoisotopic (exact) mass is 256 g/mol. The minimum absolute atomic E-state index is 0.0116. The summed E-state index contributed by atoms with van der Waals surface area (Å²) in [4.78, 5) is 0. The zero-order chi connectivity index (χ0) is 12.9. The average molecular weight is 256 g/mol. The largest absolute Gasteiger partial charge is 0.396 e. The van der Waals surface area contributed by atoms with E-state index in [1.165, 1.54) is 0 Å². The van der Waals surface area contributed by atoms with Crippen molar-refractivity contribution in [1.82, 2.24) is 0 Å². The molecule has 17 heavy (non-hydrogen) atoms. The summed E-state index contributed by atoms with van der Waals surface area (Å²) in [6, 6.07) is 7.86. The number of sulfone groups is 1. The van der Waals surface area contributed by atoms with Crippen molar-refractivity contribution < 1.29 is 13.5 Å². The van der Waals surface area contributed by atoms with Gasteiger partial charge in [0.1, 0.15) is 9.84 Å². The summed E-state index contributed by atoms with van der Waals surface area (Å²) in [7, 11) is -2.95. The molecule has 0 fully saturated rings. The summed E-state index contributed by atoms with van der Waals surface area (Å²) in [5, 5.41) is 9.32. The van der Waals surface area contributed by atoms with Gasteiger partial charge in [-0.1, -0.05) is 36.8 Å². The fourth-order valence-electron chi connectivity index (χ4n) is 1.67. The lowest BCUT2D eigenvalue weighted by Gasteiger charge is -2.14. The van der Waals surface area contributed by atoms with Gasteiger partial charge in [0, 0.05) is 18.3 Å². The maximum absolute atomic E-state index is 11.4. The Morgan fingerprint density at radius 1 is 1.24 bits per heavy atom. The second-order valence-corrected chi connectivity index (χ2v) is 6.79. The van der Waals surface area contributed by atoms with E-state index in [9.17, 15) is 13.5 Å². The van der Waals surface area contributed by atoms with E-state index in [4.69, 9.17) is 0 Å². The Balaban J connectivity index is 2.69. The third kappa shape index (κ3) is 4.48. The highest BCUT2D eigenvalue weighted by atomic mass is 32.2. The van der Waals surface area contributed by atoms with E-state index < -0.39 is 9.84 Å². The molecule has 0 spiro atoms. The number of hydrogen-bond acceptors (Lipinski definition) is 3. The third-order valence-corrected chi connectivity index (χ3v) is 4.72. The highest BCUT2D eigenvalue weighted by Crippen LogP contribution is 2.20. The molecule has 3 nitrogen and oxygen atoms in total. The number of benzene rings is 1. The van der Waals surface area contributed by atoms with Gasteiger partial charge in [-0.25, -0.2) is 8.42 Å². The van der Waals surface area contributed by atoms with Crippen LogP contribution >= 0.6 is 0 Å². The van der Waals surface area contributed by atoms with Crippen LogP contribution in [0.15, 0.2) is 24.3 Å². The van der Waals surface area contributed by atoms with E-state index in [1.54, 1.807) is 6.92 Å². The van der Waals surface area contributed by atoms with Crippen molar-refractivity contribution in [3.63, 3.8) is 0 Å². The fourth-order valence-corrected chi connectivity index (χ4v) is 2.60. The Morgan fingerprint density at radius 3 is 2.29 bits per heavy atom. The summed E-state index contributed by atoms with van der Waals surface area (Å²) >= 11 is 0. The van der Waals surface area contributed by atoms with Crippen molar-refractivity contribution in [2.75, 3.05) is 18.1 Å². The smallest absolute Gasteiger partial charge is 0.150 e. The van der Waals surface area contributed by atoms with Crippen LogP contribution < -0.4 is 0 Å². The Hall–Kier alpha value is -0.870. The number of hydrogen-bond donors (Lipinski definition) is 1. The summed E-state index contributed by atoms with van der Waals surface area (Å²) < 4.78 is 22.8. The standard InChI is InChI=1S/C13H20O3S/c1-3-17(15,16)9-8-13(10-14)12-6-4-11(2)5-7-12/h4-7,13-14H,3,8-10H2,1-2H3. The van der Waals surface area contributed by atoms with Gasteiger partial charge in [0.05, 0.1) is 5.75 Å². The van der Waals surface area contributed by atoms with Crippen LogP contribution in [0.1, 0.15) is 30.4 Å². The van der Waals surface area contributed by atoms with Crippen molar-refractivity contribution in [1.29, 1.82) is 0 Å². The molecule has 0 bridgehead atoms.